The van der Waals surface area contributed by atoms with E-state index in [1.807, 2.05) is 0 Å². The number of nitrogens with one attached hydrogen (secondary N) is 1. The number of hydrogen-bond donors (Lipinski definition) is 2. The number of likely N-dealkylation sites (N-methyl/N-ethyl adjacent to an activating group) is 1. The van der Waals surface area contributed by atoms with Crippen molar-refractivity contribution in [2.45, 2.75) is 38.6 Å². The molecule has 1 rings (SSSR count). The lowest BCUT2D eigenvalue weighted by Crippen LogP contribution is -2.34. The molecular weight excluding hydrogens is 214 g/mol. The van der Waals surface area contributed by atoms with Crippen molar-refractivity contribution in [1.82, 2.24) is 5.32 Å². The lowest BCUT2D eigenvalue weighted by atomic mass is 9.99. The highest BCUT2D eigenvalue weighted by atomic mass is 16.4. The molecule has 3 heteroatoms. The Bertz CT molecular complexity index is 357. The largest absolute Gasteiger partial charge is 0.480 e. The van der Waals surface area contributed by atoms with Crippen molar-refractivity contribution in [3.8, 4) is 0 Å². The summed E-state index contributed by atoms with van der Waals surface area (Å²) in [6.45, 7) is 4.33. The van der Waals surface area contributed by atoms with Gasteiger partial charge >= 0.3 is 5.97 Å². The molecule has 0 radical (unpaired) electrons. The molecule has 0 spiro atoms. The van der Waals surface area contributed by atoms with Crippen LogP contribution >= 0.6 is 0 Å². The van der Waals surface area contributed by atoms with Crippen molar-refractivity contribution >= 4 is 5.97 Å². The zero-order valence-corrected chi connectivity index (χ0v) is 10.7. The second-order valence-electron chi connectivity index (χ2n) is 4.61. The summed E-state index contributed by atoms with van der Waals surface area (Å²) in [5.41, 5.74) is 2.51. The fraction of sp³-hybridized carbons (Fsp3) is 0.500. The van der Waals surface area contributed by atoms with Gasteiger partial charge in [-0.3, -0.25) is 4.79 Å². The van der Waals surface area contributed by atoms with Crippen LogP contribution in [0.4, 0.5) is 0 Å². The summed E-state index contributed by atoms with van der Waals surface area (Å²) in [6.07, 6.45) is 1.41. The van der Waals surface area contributed by atoms with Crippen molar-refractivity contribution < 1.29 is 9.90 Å². The van der Waals surface area contributed by atoms with Gasteiger partial charge < -0.3 is 10.4 Å². The molecule has 0 saturated heterocycles. The minimum Gasteiger partial charge on any atom is -0.480 e. The van der Waals surface area contributed by atoms with Gasteiger partial charge in [-0.05, 0) is 36.9 Å². The SMILES string of the molecule is CNC(CCc1ccc(C(C)C)cc1)C(=O)O. The van der Waals surface area contributed by atoms with Crippen molar-refractivity contribution in [3.63, 3.8) is 0 Å². The molecule has 0 aliphatic heterocycles. The first-order chi connectivity index (χ1) is 8.04. The van der Waals surface area contributed by atoms with E-state index in [0.717, 1.165) is 6.42 Å². The van der Waals surface area contributed by atoms with Gasteiger partial charge in [0.1, 0.15) is 6.04 Å². The van der Waals surface area contributed by atoms with E-state index in [1.165, 1.54) is 11.1 Å². The molecule has 0 aliphatic rings. The van der Waals surface area contributed by atoms with Crippen molar-refractivity contribution in [1.29, 1.82) is 0 Å². The number of hydrogen-bond acceptors (Lipinski definition) is 2. The maximum Gasteiger partial charge on any atom is 0.320 e. The van der Waals surface area contributed by atoms with Crippen LogP contribution in [0.15, 0.2) is 24.3 Å². The molecule has 1 aromatic carbocycles. The quantitative estimate of drug-likeness (QED) is 0.796. The van der Waals surface area contributed by atoms with Crippen LogP contribution in [0, 0.1) is 0 Å². The molecule has 1 atom stereocenters. The van der Waals surface area contributed by atoms with Crippen LogP contribution in [0.5, 0.6) is 0 Å². The van der Waals surface area contributed by atoms with E-state index < -0.39 is 12.0 Å². The van der Waals surface area contributed by atoms with E-state index in [0.29, 0.717) is 12.3 Å². The van der Waals surface area contributed by atoms with Crippen LogP contribution in [0.1, 0.15) is 37.3 Å². The summed E-state index contributed by atoms with van der Waals surface area (Å²) in [5, 5.41) is 11.7. The number of aliphatic carboxylic acids is 1. The number of carbonyl (C=O) groups is 1. The van der Waals surface area contributed by atoms with Gasteiger partial charge in [0.25, 0.3) is 0 Å². The minimum atomic E-state index is -0.786. The predicted molar refractivity (Wildman–Crippen MR) is 69.3 cm³/mol. The molecule has 0 bridgehead atoms. The van der Waals surface area contributed by atoms with Gasteiger partial charge in [-0.1, -0.05) is 38.1 Å². The van der Waals surface area contributed by atoms with Crippen LogP contribution in [-0.2, 0) is 11.2 Å². The maximum atomic E-state index is 10.8. The number of aryl methyl sites for hydroxylation is 1. The van der Waals surface area contributed by atoms with Gasteiger partial charge in [0.15, 0.2) is 0 Å². The highest BCUT2D eigenvalue weighted by molar-refractivity contribution is 5.73. The number of carboxylic acids is 1. The third kappa shape index (κ3) is 4.19. The van der Waals surface area contributed by atoms with Crippen molar-refractivity contribution in [2.75, 3.05) is 7.05 Å². The Balaban J connectivity index is 2.55. The van der Waals surface area contributed by atoms with Crippen LogP contribution in [0.2, 0.25) is 0 Å². The summed E-state index contributed by atoms with van der Waals surface area (Å²) in [7, 11) is 1.68. The standard InChI is InChI=1S/C14H21NO2/c1-10(2)12-7-4-11(5-8-12)6-9-13(15-3)14(16)17/h4-5,7-8,10,13,15H,6,9H2,1-3H3,(H,16,17). The minimum absolute atomic E-state index is 0.459. The Morgan fingerprint density at radius 3 is 2.29 bits per heavy atom. The number of carboxylic acid groups (broad SMARTS) is 1. The second kappa shape index (κ2) is 6.40. The lowest BCUT2D eigenvalue weighted by Gasteiger charge is -2.11. The molecule has 0 saturated carbocycles. The third-order valence-electron chi connectivity index (χ3n) is 3.01. The molecular formula is C14H21NO2. The summed E-state index contributed by atoms with van der Waals surface area (Å²) in [6, 6.07) is 7.96. The van der Waals surface area contributed by atoms with Gasteiger partial charge in [-0.2, -0.15) is 0 Å². The predicted octanol–water partition coefficient (Wildman–Crippen LogP) is 2.42. The van der Waals surface area contributed by atoms with E-state index in [2.05, 4.69) is 43.4 Å². The Morgan fingerprint density at radius 2 is 1.88 bits per heavy atom. The van der Waals surface area contributed by atoms with Gasteiger partial charge in [0, 0.05) is 0 Å². The van der Waals surface area contributed by atoms with Crippen LogP contribution in [0.3, 0.4) is 0 Å². The van der Waals surface area contributed by atoms with Crippen LogP contribution < -0.4 is 5.32 Å². The monoisotopic (exact) mass is 235 g/mol. The van der Waals surface area contributed by atoms with Crippen LogP contribution in [0.25, 0.3) is 0 Å². The van der Waals surface area contributed by atoms with E-state index in [-0.39, 0.29) is 0 Å². The zero-order chi connectivity index (χ0) is 12.8. The Morgan fingerprint density at radius 1 is 1.29 bits per heavy atom. The highest BCUT2D eigenvalue weighted by Crippen LogP contribution is 2.15. The Hall–Kier alpha value is -1.35. The molecule has 0 fully saturated rings. The zero-order valence-electron chi connectivity index (χ0n) is 10.7. The Kier molecular flexibility index (Phi) is 5.16. The topological polar surface area (TPSA) is 49.3 Å². The summed E-state index contributed by atoms with van der Waals surface area (Å²) >= 11 is 0. The first kappa shape index (κ1) is 13.7. The first-order valence-corrected chi connectivity index (χ1v) is 6.03. The highest BCUT2D eigenvalue weighted by Gasteiger charge is 2.14. The average molecular weight is 235 g/mol. The van der Waals surface area contributed by atoms with E-state index in [9.17, 15) is 4.79 Å². The van der Waals surface area contributed by atoms with Crippen LogP contribution in [-0.4, -0.2) is 24.2 Å². The van der Waals surface area contributed by atoms with Crippen molar-refractivity contribution in [3.05, 3.63) is 35.4 Å². The van der Waals surface area contributed by atoms with E-state index in [4.69, 9.17) is 5.11 Å². The molecule has 0 aromatic heterocycles. The molecule has 2 N–H and O–H groups in total. The number of benzene rings is 1. The van der Waals surface area contributed by atoms with Crippen molar-refractivity contribution in [2.24, 2.45) is 0 Å². The summed E-state index contributed by atoms with van der Waals surface area (Å²) < 4.78 is 0. The van der Waals surface area contributed by atoms with E-state index in [1.54, 1.807) is 7.05 Å². The molecule has 3 nitrogen and oxygen atoms in total. The fourth-order valence-corrected chi connectivity index (χ4v) is 1.77. The van der Waals surface area contributed by atoms with Gasteiger partial charge in [-0.25, -0.2) is 0 Å². The Labute approximate surface area is 103 Å². The maximum absolute atomic E-state index is 10.8. The van der Waals surface area contributed by atoms with Gasteiger partial charge in [0.2, 0.25) is 0 Å². The van der Waals surface area contributed by atoms with Gasteiger partial charge in [-0.15, -0.1) is 0 Å². The summed E-state index contributed by atoms with van der Waals surface area (Å²) in [4.78, 5) is 10.8. The number of rotatable bonds is 6. The molecule has 0 heterocycles. The first-order valence-electron chi connectivity index (χ1n) is 6.03. The lowest BCUT2D eigenvalue weighted by molar-refractivity contribution is -0.139. The normalized spacial score (nSPS) is 12.7. The molecule has 0 aliphatic carbocycles. The third-order valence-corrected chi connectivity index (χ3v) is 3.01. The van der Waals surface area contributed by atoms with Gasteiger partial charge in [0.05, 0.1) is 0 Å². The molecule has 0 amide bonds. The molecule has 1 aromatic rings. The molecule has 1 unspecified atom stereocenters. The smallest absolute Gasteiger partial charge is 0.320 e. The second-order valence-corrected chi connectivity index (χ2v) is 4.61. The summed E-state index contributed by atoms with van der Waals surface area (Å²) in [5.74, 6) is -0.251. The molecule has 94 valence electrons. The molecule has 17 heavy (non-hydrogen) atoms. The van der Waals surface area contributed by atoms with E-state index >= 15 is 0 Å². The fourth-order valence-electron chi connectivity index (χ4n) is 1.77. The average Bonchev–Trinajstić information content (AvgIpc) is 2.30.